The van der Waals surface area contributed by atoms with E-state index in [9.17, 15) is 18.8 Å². The second kappa shape index (κ2) is 20.1. The molecule has 9 nitrogen and oxygen atoms in total. The number of hydrogen-bond donors (Lipinski definition) is 1. The molecule has 2 aliphatic heterocycles. The molecule has 2 atom stereocenters. The van der Waals surface area contributed by atoms with Gasteiger partial charge in [-0.25, -0.2) is 4.39 Å². The molecule has 13 heteroatoms. The van der Waals surface area contributed by atoms with Gasteiger partial charge >= 0.3 is 0 Å². The Balaban J connectivity index is 0.000000276. The second-order valence-corrected chi connectivity index (χ2v) is 14.0. The third-order valence-corrected chi connectivity index (χ3v) is 10.00. The maximum atomic E-state index is 12.8. The molecule has 2 heterocycles. The zero-order valence-electron chi connectivity index (χ0n) is 29.1. The van der Waals surface area contributed by atoms with E-state index in [0.717, 1.165) is 56.4 Å². The van der Waals surface area contributed by atoms with Crippen LogP contribution in [0.25, 0.3) is 0 Å². The Morgan fingerprint density at radius 1 is 1.08 bits per heavy atom. The number of hydrogen-bond acceptors (Lipinski definition) is 6. The molecule has 0 aromatic heterocycles. The highest BCUT2D eigenvalue weighted by atomic mass is 35.5. The molecule has 0 radical (unpaired) electrons. The first-order chi connectivity index (χ1) is 23.4. The highest BCUT2D eigenvalue weighted by Crippen LogP contribution is 2.29. The van der Waals surface area contributed by atoms with Gasteiger partial charge in [-0.05, 0) is 87.0 Å². The summed E-state index contributed by atoms with van der Waals surface area (Å²) in [5, 5.41) is 7.81. The van der Waals surface area contributed by atoms with Gasteiger partial charge in [-0.3, -0.25) is 14.4 Å². The first kappa shape index (κ1) is 40.5. The summed E-state index contributed by atoms with van der Waals surface area (Å²) in [6.07, 6.45) is 5.60. The van der Waals surface area contributed by atoms with Gasteiger partial charge in [0.1, 0.15) is 0 Å². The molecule has 0 aliphatic carbocycles. The molecule has 270 valence electrons. The number of piperidine rings is 2. The summed E-state index contributed by atoms with van der Waals surface area (Å²) in [5.41, 5.74) is 2.62. The third-order valence-electron chi connectivity index (χ3n) is 9.04. The van der Waals surface area contributed by atoms with Crippen molar-refractivity contribution in [3.8, 4) is 0 Å². The topological polar surface area (TPSA) is 94.5 Å². The van der Waals surface area contributed by atoms with Crippen LogP contribution in [0.4, 0.5) is 4.39 Å². The lowest BCUT2D eigenvalue weighted by molar-refractivity contribution is -0.144. The van der Waals surface area contributed by atoms with E-state index < -0.39 is 6.86 Å². The van der Waals surface area contributed by atoms with Gasteiger partial charge < -0.3 is 24.9 Å². The summed E-state index contributed by atoms with van der Waals surface area (Å²) in [7, 11) is 3.27. The number of oxime groups is 1. The summed E-state index contributed by atoms with van der Waals surface area (Å²) in [5.74, 6) is -0.434. The van der Waals surface area contributed by atoms with E-state index in [4.69, 9.17) is 34.8 Å². The number of alkyl halides is 1. The number of amides is 3. The summed E-state index contributed by atoms with van der Waals surface area (Å²) >= 11 is 18.1. The number of nitrogens with zero attached hydrogens (tertiary/aromatic N) is 4. The Kier molecular flexibility index (Phi) is 16.6. The van der Waals surface area contributed by atoms with Crippen molar-refractivity contribution in [3.63, 3.8) is 0 Å². The minimum absolute atomic E-state index is 0.0204. The van der Waals surface area contributed by atoms with Crippen LogP contribution in [0, 0.1) is 12.8 Å². The predicted molar refractivity (Wildman–Crippen MR) is 195 cm³/mol. The van der Waals surface area contributed by atoms with Gasteiger partial charge in [0.25, 0.3) is 12.8 Å². The van der Waals surface area contributed by atoms with Crippen molar-refractivity contribution in [2.45, 2.75) is 71.3 Å². The first-order valence-electron chi connectivity index (χ1n) is 16.8. The van der Waals surface area contributed by atoms with Gasteiger partial charge in [-0.1, -0.05) is 59.9 Å². The zero-order valence-corrected chi connectivity index (χ0v) is 31.4. The van der Waals surface area contributed by atoms with E-state index in [1.165, 1.54) is 17.9 Å². The number of nitrogens with one attached hydrogen (secondary N) is 1. The van der Waals surface area contributed by atoms with Crippen LogP contribution < -0.4 is 5.32 Å². The number of aryl methyl sites for hydroxylation is 1. The lowest BCUT2D eigenvalue weighted by Gasteiger charge is -2.42. The lowest BCUT2D eigenvalue weighted by Crippen LogP contribution is -2.52. The molecule has 4 rings (SSSR count). The van der Waals surface area contributed by atoms with Crippen LogP contribution in [0.2, 0.25) is 15.1 Å². The molecule has 3 amide bonds. The minimum atomic E-state index is -1.07. The average Bonchev–Trinajstić information content (AvgIpc) is 3.08. The van der Waals surface area contributed by atoms with Gasteiger partial charge in [-0.2, -0.15) is 0 Å². The highest BCUT2D eigenvalue weighted by Gasteiger charge is 2.35. The molecule has 2 fully saturated rings. The van der Waals surface area contributed by atoms with Crippen LogP contribution in [-0.2, 0) is 14.4 Å². The molecular weight excluding hydrogens is 692 g/mol. The SMILES string of the molecule is CCCN1CCC(N2CCCC(CC(=O)NC)C2=O)CC1.Cc1cc(Cl)cc(C(=O)N(C)C/C(=N/OCF)C(C)c2ccc(Cl)c(Cl)c2)c1. The zero-order chi connectivity index (χ0) is 36.1. The minimum Gasteiger partial charge on any atom is -0.362 e. The number of likely N-dealkylation sites (tertiary alicyclic amines) is 2. The monoisotopic (exact) mass is 739 g/mol. The van der Waals surface area contributed by atoms with E-state index in [0.29, 0.717) is 38.8 Å². The molecule has 49 heavy (non-hydrogen) atoms. The predicted octanol–water partition coefficient (Wildman–Crippen LogP) is 7.37. The van der Waals surface area contributed by atoms with Crippen LogP contribution >= 0.6 is 34.8 Å². The van der Waals surface area contributed by atoms with Crippen molar-refractivity contribution in [1.82, 2.24) is 20.0 Å². The van der Waals surface area contributed by atoms with E-state index in [1.807, 2.05) is 13.8 Å². The highest BCUT2D eigenvalue weighted by molar-refractivity contribution is 6.42. The smallest absolute Gasteiger partial charge is 0.255 e. The quantitative estimate of drug-likeness (QED) is 0.181. The standard InChI is InChI=1S/C20H20Cl3FN2O2.C16H29N3O2/c1-12-6-15(8-16(21)7-12)20(27)26(3)10-19(25-28-11-24)13(2)14-4-5-17(22)18(23)9-14;1-3-8-18-10-6-14(7-11-18)19-9-4-5-13(16(19)21)12-15(20)17-2/h4-9,13H,10-11H2,1-3H3;13-14H,3-12H2,1-2H3,(H,17,20)/b25-19-;. The van der Waals surface area contributed by atoms with E-state index in [-0.39, 0.29) is 36.1 Å². The normalized spacial score (nSPS) is 18.0. The van der Waals surface area contributed by atoms with E-state index in [2.05, 4.69) is 32.0 Å². The van der Waals surface area contributed by atoms with Crippen LogP contribution in [0.3, 0.4) is 0 Å². The van der Waals surface area contributed by atoms with E-state index >= 15 is 0 Å². The van der Waals surface area contributed by atoms with Gasteiger partial charge in [0, 0.05) is 68.6 Å². The number of benzene rings is 2. The van der Waals surface area contributed by atoms with Crippen molar-refractivity contribution in [1.29, 1.82) is 0 Å². The molecule has 2 aliphatic rings. The fourth-order valence-electron chi connectivity index (χ4n) is 6.35. The summed E-state index contributed by atoms with van der Waals surface area (Å²) in [6, 6.07) is 10.7. The second-order valence-electron chi connectivity index (χ2n) is 12.7. The number of carbonyl (C=O) groups excluding carboxylic acids is 3. The molecule has 0 spiro atoms. The van der Waals surface area contributed by atoms with Gasteiger partial charge in [0.2, 0.25) is 11.8 Å². The van der Waals surface area contributed by atoms with Crippen molar-refractivity contribution in [2.75, 3.05) is 53.7 Å². The first-order valence-corrected chi connectivity index (χ1v) is 18.0. The third kappa shape index (κ3) is 12.1. The van der Waals surface area contributed by atoms with Crippen molar-refractivity contribution in [2.24, 2.45) is 11.1 Å². The Labute approximate surface area is 305 Å². The lowest BCUT2D eigenvalue weighted by atomic mass is 9.90. The van der Waals surface area contributed by atoms with Crippen LogP contribution in [0.5, 0.6) is 0 Å². The van der Waals surface area contributed by atoms with Gasteiger partial charge in [0.15, 0.2) is 0 Å². The number of halogens is 4. The van der Waals surface area contributed by atoms with Gasteiger partial charge in [0.05, 0.1) is 22.3 Å². The van der Waals surface area contributed by atoms with Crippen LogP contribution in [0.15, 0.2) is 41.6 Å². The number of carbonyl (C=O) groups is 3. The van der Waals surface area contributed by atoms with Crippen LogP contribution in [-0.4, -0.2) is 97.9 Å². The Hall–Kier alpha value is -2.92. The fourth-order valence-corrected chi connectivity index (χ4v) is 6.94. The Morgan fingerprint density at radius 2 is 1.80 bits per heavy atom. The largest absolute Gasteiger partial charge is 0.362 e. The molecule has 2 saturated heterocycles. The van der Waals surface area contributed by atoms with E-state index in [1.54, 1.807) is 50.5 Å². The molecule has 1 N–H and O–H groups in total. The Bertz CT molecular complexity index is 1430. The van der Waals surface area contributed by atoms with Gasteiger partial charge in [-0.15, -0.1) is 0 Å². The van der Waals surface area contributed by atoms with Crippen molar-refractivity contribution >= 4 is 58.2 Å². The molecule has 2 aromatic rings. The summed E-state index contributed by atoms with van der Waals surface area (Å²) < 4.78 is 12.5. The Morgan fingerprint density at radius 3 is 2.41 bits per heavy atom. The molecular formula is C36H49Cl3FN5O4. The average molecular weight is 741 g/mol. The molecule has 2 aromatic carbocycles. The maximum absolute atomic E-state index is 12.8. The molecule has 0 bridgehead atoms. The fraction of sp³-hybridized carbons (Fsp3) is 0.556. The number of rotatable bonds is 12. The maximum Gasteiger partial charge on any atom is 0.255 e. The van der Waals surface area contributed by atoms with Crippen molar-refractivity contribution < 1.29 is 23.6 Å². The summed E-state index contributed by atoms with van der Waals surface area (Å²) in [6.45, 7) is 9.24. The molecule has 2 unspecified atom stereocenters. The van der Waals surface area contributed by atoms with Crippen molar-refractivity contribution in [3.05, 3.63) is 68.2 Å². The van der Waals surface area contributed by atoms with Crippen LogP contribution in [0.1, 0.15) is 79.8 Å². The molecule has 0 saturated carbocycles. The summed E-state index contributed by atoms with van der Waals surface area (Å²) in [4.78, 5) is 47.6.